The molecule has 1 heterocycles. The zero-order valence-corrected chi connectivity index (χ0v) is 10.8. The third-order valence-electron chi connectivity index (χ3n) is 3.47. The van der Waals surface area contributed by atoms with Crippen LogP contribution in [0, 0.1) is 5.82 Å². The van der Waals surface area contributed by atoms with Crippen molar-refractivity contribution in [1.82, 2.24) is 4.98 Å². The molecular formula is C15H11ClFNO. The molecule has 0 aliphatic heterocycles. The number of carbonyl (C=O) groups excluding carboxylic acids is 1. The predicted octanol–water partition coefficient (Wildman–Crippen LogP) is 3.79. The molecule has 19 heavy (non-hydrogen) atoms. The number of halogens is 2. The fourth-order valence-electron chi connectivity index (χ4n) is 2.54. The molecule has 1 unspecified atom stereocenters. The van der Waals surface area contributed by atoms with E-state index in [9.17, 15) is 9.18 Å². The standard InChI is InChI=1S/C15H11ClFNO/c16-13-8-10(17)4-6-11(13)15(19)12-5-3-9-2-1-7-18-14(9)12/h1-2,4,6-8,12H,3,5H2. The maximum absolute atomic E-state index is 13.0. The molecule has 0 N–H and O–H groups in total. The van der Waals surface area contributed by atoms with Gasteiger partial charge in [-0.1, -0.05) is 17.7 Å². The van der Waals surface area contributed by atoms with Crippen molar-refractivity contribution < 1.29 is 9.18 Å². The fourth-order valence-corrected chi connectivity index (χ4v) is 2.81. The molecule has 1 atom stereocenters. The number of Topliss-reactive ketones (excluding diaryl/α,β-unsaturated/α-hetero) is 1. The maximum atomic E-state index is 13.0. The Balaban J connectivity index is 1.98. The summed E-state index contributed by atoms with van der Waals surface area (Å²) >= 11 is 5.95. The van der Waals surface area contributed by atoms with Crippen LogP contribution in [-0.4, -0.2) is 10.8 Å². The Bertz CT molecular complexity index is 656. The Labute approximate surface area is 115 Å². The molecule has 0 saturated carbocycles. The molecule has 0 spiro atoms. The van der Waals surface area contributed by atoms with Crippen LogP contribution in [0.15, 0.2) is 36.5 Å². The lowest BCUT2D eigenvalue weighted by Gasteiger charge is -2.10. The quantitative estimate of drug-likeness (QED) is 0.781. The monoisotopic (exact) mass is 275 g/mol. The smallest absolute Gasteiger partial charge is 0.173 e. The van der Waals surface area contributed by atoms with Crippen molar-refractivity contribution in [3.8, 4) is 0 Å². The summed E-state index contributed by atoms with van der Waals surface area (Å²) in [6.07, 6.45) is 3.27. The summed E-state index contributed by atoms with van der Waals surface area (Å²) in [7, 11) is 0. The number of rotatable bonds is 2. The number of pyridine rings is 1. The van der Waals surface area contributed by atoms with Gasteiger partial charge in [0, 0.05) is 11.8 Å². The van der Waals surface area contributed by atoms with E-state index in [0.717, 1.165) is 24.1 Å². The number of benzene rings is 1. The lowest BCUT2D eigenvalue weighted by Crippen LogP contribution is -2.12. The van der Waals surface area contributed by atoms with Crippen molar-refractivity contribution in [2.24, 2.45) is 0 Å². The van der Waals surface area contributed by atoms with Gasteiger partial charge < -0.3 is 0 Å². The Morgan fingerprint density at radius 2 is 2.21 bits per heavy atom. The number of carbonyl (C=O) groups is 1. The summed E-state index contributed by atoms with van der Waals surface area (Å²) in [4.78, 5) is 16.8. The number of fused-ring (bicyclic) bond motifs is 1. The van der Waals surface area contributed by atoms with Gasteiger partial charge in [0.1, 0.15) is 5.82 Å². The molecule has 3 rings (SSSR count). The topological polar surface area (TPSA) is 30.0 Å². The minimum Gasteiger partial charge on any atom is -0.293 e. The number of hydrogen-bond acceptors (Lipinski definition) is 2. The van der Waals surface area contributed by atoms with Gasteiger partial charge in [0.2, 0.25) is 0 Å². The van der Waals surface area contributed by atoms with Crippen LogP contribution in [0.25, 0.3) is 0 Å². The van der Waals surface area contributed by atoms with Crippen molar-refractivity contribution in [2.75, 3.05) is 0 Å². The molecule has 0 bridgehead atoms. The third-order valence-corrected chi connectivity index (χ3v) is 3.78. The molecule has 1 aliphatic carbocycles. The van der Waals surface area contributed by atoms with Crippen molar-refractivity contribution in [2.45, 2.75) is 18.8 Å². The summed E-state index contributed by atoms with van der Waals surface area (Å²) in [6.45, 7) is 0. The van der Waals surface area contributed by atoms with Crippen LogP contribution in [0.4, 0.5) is 4.39 Å². The van der Waals surface area contributed by atoms with E-state index in [1.807, 2.05) is 12.1 Å². The molecule has 2 aromatic rings. The second kappa shape index (κ2) is 4.74. The maximum Gasteiger partial charge on any atom is 0.173 e. The van der Waals surface area contributed by atoms with Gasteiger partial charge in [-0.25, -0.2) is 4.39 Å². The van der Waals surface area contributed by atoms with E-state index in [-0.39, 0.29) is 16.7 Å². The largest absolute Gasteiger partial charge is 0.293 e. The highest BCUT2D eigenvalue weighted by Crippen LogP contribution is 2.35. The highest BCUT2D eigenvalue weighted by atomic mass is 35.5. The van der Waals surface area contributed by atoms with E-state index >= 15 is 0 Å². The van der Waals surface area contributed by atoms with Gasteiger partial charge >= 0.3 is 0 Å². The van der Waals surface area contributed by atoms with E-state index in [4.69, 9.17) is 11.6 Å². The van der Waals surface area contributed by atoms with Crippen LogP contribution in [-0.2, 0) is 6.42 Å². The number of aryl methyl sites for hydroxylation is 1. The Morgan fingerprint density at radius 1 is 1.37 bits per heavy atom. The van der Waals surface area contributed by atoms with Gasteiger partial charge in [-0.15, -0.1) is 0 Å². The third kappa shape index (κ3) is 2.15. The fraction of sp³-hybridized carbons (Fsp3) is 0.200. The van der Waals surface area contributed by atoms with E-state index in [0.29, 0.717) is 5.56 Å². The lowest BCUT2D eigenvalue weighted by molar-refractivity contribution is 0.0958. The normalized spacial score (nSPS) is 17.3. The van der Waals surface area contributed by atoms with Crippen molar-refractivity contribution in [3.63, 3.8) is 0 Å². The molecule has 4 heteroatoms. The highest BCUT2D eigenvalue weighted by molar-refractivity contribution is 6.34. The highest BCUT2D eigenvalue weighted by Gasteiger charge is 2.31. The average Bonchev–Trinajstić information content (AvgIpc) is 2.82. The molecule has 1 aromatic carbocycles. The number of ketones is 1. The van der Waals surface area contributed by atoms with Crippen LogP contribution < -0.4 is 0 Å². The van der Waals surface area contributed by atoms with Crippen LogP contribution in [0.5, 0.6) is 0 Å². The second-order valence-corrected chi connectivity index (χ2v) is 5.03. The van der Waals surface area contributed by atoms with Crippen LogP contribution in [0.3, 0.4) is 0 Å². The molecule has 1 aliphatic rings. The first-order valence-corrected chi connectivity index (χ1v) is 6.47. The van der Waals surface area contributed by atoms with Gasteiger partial charge in [-0.3, -0.25) is 9.78 Å². The summed E-state index contributed by atoms with van der Waals surface area (Å²) in [6, 6.07) is 7.73. The van der Waals surface area contributed by atoms with Crippen molar-refractivity contribution in [3.05, 3.63) is 64.2 Å². The first-order chi connectivity index (χ1) is 9.16. The number of aromatic nitrogens is 1. The van der Waals surface area contributed by atoms with Gasteiger partial charge in [0.25, 0.3) is 0 Å². The molecule has 1 aromatic heterocycles. The molecule has 96 valence electrons. The van der Waals surface area contributed by atoms with E-state index in [2.05, 4.69) is 4.98 Å². The Hall–Kier alpha value is -1.74. The first-order valence-electron chi connectivity index (χ1n) is 6.10. The SMILES string of the molecule is O=C(c1ccc(F)cc1Cl)C1CCc2cccnc21. The van der Waals surface area contributed by atoms with Gasteiger partial charge in [-0.2, -0.15) is 0 Å². The van der Waals surface area contributed by atoms with Crippen LogP contribution >= 0.6 is 11.6 Å². The van der Waals surface area contributed by atoms with E-state index in [1.165, 1.54) is 18.2 Å². The minimum atomic E-state index is -0.438. The Kier molecular flexibility index (Phi) is 3.07. The van der Waals surface area contributed by atoms with Crippen molar-refractivity contribution in [1.29, 1.82) is 0 Å². The zero-order valence-electron chi connectivity index (χ0n) is 10.1. The predicted molar refractivity (Wildman–Crippen MR) is 71.0 cm³/mol. The molecular weight excluding hydrogens is 265 g/mol. The van der Waals surface area contributed by atoms with Gasteiger partial charge in [0.05, 0.1) is 16.6 Å². The summed E-state index contributed by atoms with van der Waals surface area (Å²) in [5.74, 6) is -0.784. The van der Waals surface area contributed by atoms with Gasteiger partial charge in [-0.05, 0) is 42.7 Å². The molecule has 2 nitrogen and oxygen atoms in total. The van der Waals surface area contributed by atoms with Crippen LogP contribution in [0.1, 0.15) is 34.0 Å². The van der Waals surface area contributed by atoms with Crippen molar-refractivity contribution >= 4 is 17.4 Å². The molecule has 0 amide bonds. The second-order valence-electron chi connectivity index (χ2n) is 4.63. The average molecular weight is 276 g/mol. The Morgan fingerprint density at radius 3 is 3.00 bits per heavy atom. The molecule has 0 fully saturated rings. The van der Waals surface area contributed by atoms with Gasteiger partial charge in [0.15, 0.2) is 5.78 Å². The lowest BCUT2D eigenvalue weighted by atomic mass is 9.95. The first kappa shape index (κ1) is 12.3. The number of nitrogens with zero attached hydrogens (tertiary/aromatic N) is 1. The molecule has 0 radical (unpaired) electrons. The zero-order chi connectivity index (χ0) is 13.4. The minimum absolute atomic E-state index is 0.0811. The molecule has 0 saturated heterocycles. The van der Waals surface area contributed by atoms with Crippen LogP contribution in [0.2, 0.25) is 5.02 Å². The summed E-state index contributed by atoms with van der Waals surface area (Å²) < 4.78 is 13.0. The van der Waals surface area contributed by atoms with E-state index < -0.39 is 5.82 Å². The summed E-state index contributed by atoms with van der Waals surface area (Å²) in [5, 5.41) is 0.161. The van der Waals surface area contributed by atoms with E-state index in [1.54, 1.807) is 6.20 Å². The summed E-state index contributed by atoms with van der Waals surface area (Å²) in [5.41, 5.74) is 2.30. The number of hydrogen-bond donors (Lipinski definition) is 0.